The minimum Gasteiger partial charge on any atom is -0.454 e. The Kier molecular flexibility index (Phi) is 4.49. The molecule has 0 atom stereocenters. The molecule has 2 heterocycles. The average molecular weight is 433 g/mol. The van der Waals surface area contributed by atoms with Crippen molar-refractivity contribution in [3.8, 4) is 22.6 Å². The lowest BCUT2D eigenvalue weighted by molar-refractivity contribution is 0.102. The molecule has 1 amide bonds. The average Bonchev–Trinajstić information content (AvgIpc) is 3.11. The van der Waals surface area contributed by atoms with E-state index in [1.165, 1.54) is 12.1 Å². The van der Waals surface area contributed by atoms with Crippen LogP contribution >= 0.6 is 15.9 Å². The molecule has 0 unspecified atom stereocenters. The van der Waals surface area contributed by atoms with Gasteiger partial charge >= 0.3 is 0 Å². The first-order valence-electron chi connectivity index (χ1n) is 7.84. The summed E-state index contributed by atoms with van der Waals surface area (Å²) in [4.78, 5) is 16.3. The topological polar surface area (TPSA) is 60.5 Å². The van der Waals surface area contributed by atoms with E-state index < -0.39 is 17.5 Å². The minimum atomic E-state index is -1.20. The number of rotatable bonds is 3. The fraction of sp³-hybridized carbons (Fsp3) is 0.0526. The third-order valence-electron chi connectivity index (χ3n) is 3.97. The van der Waals surface area contributed by atoms with Crippen molar-refractivity contribution in [2.45, 2.75) is 0 Å². The molecule has 0 fully saturated rings. The highest BCUT2D eigenvalue weighted by Crippen LogP contribution is 2.40. The molecule has 0 aliphatic carbocycles. The van der Waals surface area contributed by atoms with Gasteiger partial charge in [0.1, 0.15) is 5.82 Å². The van der Waals surface area contributed by atoms with E-state index in [0.29, 0.717) is 11.5 Å². The quantitative estimate of drug-likeness (QED) is 0.647. The number of benzene rings is 2. The van der Waals surface area contributed by atoms with Crippen LogP contribution in [0.15, 0.2) is 53.1 Å². The van der Waals surface area contributed by atoms with E-state index in [0.717, 1.165) is 21.7 Å². The summed E-state index contributed by atoms with van der Waals surface area (Å²) in [6, 6.07) is 10.4. The van der Waals surface area contributed by atoms with Gasteiger partial charge in [0.05, 0.1) is 5.56 Å². The summed E-state index contributed by atoms with van der Waals surface area (Å²) in [6.45, 7) is 0.172. The molecule has 5 nitrogen and oxygen atoms in total. The van der Waals surface area contributed by atoms with Gasteiger partial charge in [0.15, 0.2) is 23.1 Å². The highest BCUT2D eigenvalue weighted by molar-refractivity contribution is 9.10. The molecule has 1 aliphatic rings. The molecule has 0 radical (unpaired) electrons. The van der Waals surface area contributed by atoms with E-state index in [-0.39, 0.29) is 18.2 Å². The van der Waals surface area contributed by atoms with Crippen LogP contribution in [0.25, 0.3) is 11.1 Å². The van der Waals surface area contributed by atoms with E-state index in [2.05, 4.69) is 26.2 Å². The second kappa shape index (κ2) is 6.96. The van der Waals surface area contributed by atoms with Gasteiger partial charge < -0.3 is 14.8 Å². The summed E-state index contributed by atoms with van der Waals surface area (Å²) in [7, 11) is 0. The Morgan fingerprint density at radius 3 is 2.63 bits per heavy atom. The van der Waals surface area contributed by atoms with E-state index in [1.807, 2.05) is 6.07 Å². The van der Waals surface area contributed by atoms with Gasteiger partial charge in [-0.2, -0.15) is 0 Å². The molecule has 27 heavy (non-hydrogen) atoms. The summed E-state index contributed by atoms with van der Waals surface area (Å²) in [6.07, 6.45) is 1.56. The molecular formula is C19H11BrF2N2O3. The Balaban J connectivity index is 1.56. The van der Waals surface area contributed by atoms with E-state index in [9.17, 15) is 13.6 Å². The van der Waals surface area contributed by atoms with Crippen molar-refractivity contribution in [1.82, 2.24) is 4.98 Å². The Morgan fingerprint density at radius 1 is 1.11 bits per heavy atom. The molecule has 0 bridgehead atoms. The predicted molar refractivity (Wildman–Crippen MR) is 97.8 cm³/mol. The number of anilines is 1. The monoisotopic (exact) mass is 432 g/mol. The van der Waals surface area contributed by atoms with Crippen LogP contribution < -0.4 is 14.8 Å². The number of ether oxygens (including phenoxy) is 2. The molecule has 4 rings (SSSR count). The van der Waals surface area contributed by atoms with Crippen molar-refractivity contribution >= 4 is 27.7 Å². The smallest absolute Gasteiger partial charge is 0.259 e. The van der Waals surface area contributed by atoms with Crippen LogP contribution in [0.2, 0.25) is 0 Å². The zero-order valence-electron chi connectivity index (χ0n) is 13.6. The SMILES string of the molecule is O=C(Nc1ccc(-c2cc3c(cc2Br)OCO3)cn1)c1cccc(F)c1F. The van der Waals surface area contributed by atoms with Crippen molar-refractivity contribution in [2.75, 3.05) is 12.1 Å². The molecule has 1 aromatic heterocycles. The number of nitrogens with zero attached hydrogens (tertiary/aromatic N) is 1. The molecule has 1 N–H and O–H groups in total. The Hall–Kier alpha value is -3.00. The maximum Gasteiger partial charge on any atom is 0.259 e. The molecular weight excluding hydrogens is 422 g/mol. The van der Waals surface area contributed by atoms with Gasteiger partial charge in [-0.25, -0.2) is 13.8 Å². The maximum atomic E-state index is 13.7. The van der Waals surface area contributed by atoms with Gasteiger partial charge in [-0.15, -0.1) is 0 Å². The van der Waals surface area contributed by atoms with Crippen molar-refractivity contribution in [2.24, 2.45) is 0 Å². The first-order valence-corrected chi connectivity index (χ1v) is 8.63. The summed E-state index contributed by atoms with van der Waals surface area (Å²) < 4.78 is 38.5. The van der Waals surface area contributed by atoms with Crippen LogP contribution in [0, 0.1) is 11.6 Å². The Morgan fingerprint density at radius 2 is 1.89 bits per heavy atom. The summed E-state index contributed by atoms with van der Waals surface area (Å²) in [5.41, 5.74) is 1.22. The van der Waals surface area contributed by atoms with Crippen LogP contribution in [0.5, 0.6) is 11.5 Å². The number of pyridine rings is 1. The Labute approximate surface area is 161 Å². The summed E-state index contributed by atoms with van der Waals surface area (Å²) in [5, 5.41) is 2.45. The van der Waals surface area contributed by atoms with Crippen LogP contribution in [0.4, 0.5) is 14.6 Å². The Bertz CT molecular complexity index is 1040. The highest BCUT2D eigenvalue weighted by Gasteiger charge is 2.18. The molecule has 1 aliphatic heterocycles. The van der Waals surface area contributed by atoms with Gasteiger partial charge in [0.25, 0.3) is 5.91 Å². The largest absolute Gasteiger partial charge is 0.454 e. The number of hydrogen-bond acceptors (Lipinski definition) is 4. The third kappa shape index (κ3) is 3.35. The maximum absolute atomic E-state index is 13.7. The van der Waals surface area contributed by atoms with Gasteiger partial charge in [-0.3, -0.25) is 4.79 Å². The summed E-state index contributed by atoms with van der Waals surface area (Å²) in [5.74, 6) is -1.57. The lowest BCUT2D eigenvalue weighted by Crippen LogP contribution is -2.15. The van der Waals surface area contributed by atoms with E-state index >= 15 is 0 Å². The predicted octanol–water partition coefficient (Wildman–Crippen LogP) is 4.77. The minimum absolute atomic E-state index is 0.172. The van der Waals surface area contributed by atoms with Crippen LogP contribution in [-0.2, 0) is 0 Å². The molecule has 136 valence electrons. The number of aromatic nitrogens is 1. The molecule has 0 saturated heterocycles. The number of nitrogens with one attached hydrogen (secondary N) is 1. The highest BCUT2D eigenvalue weighted by atomic mass is 79.9. The fourth-order valence-corrected chi connectivity index (χ4v) is 3.18. The lowest BCUT2D eigenvalue weighted by Gasteiger charge is -2.09. The first kappa shape index (κ1) is 17.4. The van der Waals surface area contributed by atoms with E-state index in [4.69, 9.17) is 9.47 Å². The van der Waals surface area contributed by atoms with Crippen LogP contribution in [0.1, 0.15) is 10.4 Å². The fourth-order valence-electron chi connectivity index (χ4n) is 2.63. The van der Waals surface area contributed by atoms with Crippen LogP contribution in [0.3, 0.4) is 0 Å². The van der Waals surface area contributed by atoms with Gasteiger partial charge in [0, 0.05) is 21.8 Å². The number of hydrogen-bond donors (Lipinski definition) is 1. The number of carbonyl (C=O) groups excluding carboxylic acids is 1. The lowest BCUT2D eigenvalue weighted by atomic mass is 10.1. The zero-order chi connectivity index (χ0) is 19.0. The third-order valence-corrected chi connectivity index (χ3v) is 4.63. The van der Waals surface area contributed by atoms with Crippen molar-refractivity contribution in [1.29, 1.82) is 0 Å². The number of halogens is 3. The standard InChI is InChI=1S/C19H11BrF2N2O3/c20-13-7-16-15(26-9-27-16)6-12(13)10-4-5-17(23-8-10)24-19(25)11-2-1-3-14(21)18(11)22/h1-8H,9H2,(H,23,24,25). The second-order valence-corrected chi connectivity index (χ2v) is 6.53. The molecule has 3 aromatic rings. The number of fused-ring (bicyclic) bond motifs is 1. The van der Waals surface area contributed by atoms with Gasteiger partial charge in [0.2, 0.25) is 6.79 Å². The molecule has 0 spiro atoms. The normalized spacial score (nSPS) is 12.1. The van der Waals surface area contributed by atoms with Gasteiger partial charge in [-0.1, -0.05) is 22.0 Å². The number of carbonyl (C=O) groups is 1. The molecule has 8 heteroatoms. The molecule has 0 saturated carbocycles. The van der Waals surface area contributed by atoms with Gasteiger partial charge in [-0.05, 0) is 36.4 Å². The summed E-state index contributed by atoms with van der Waals surface area (Å²) >= 11 is 3.48. The van der Waals surface area contributed by atoms with Crippen molar-refractivity contribution in [3.05, 3.63) is 70.3 Å². The van der Waals surface area contributed by atoms with Crippen LogP contribution in [-0.4, -0.2) is 17.7 Å². The number of amides is 1. The zero-order valence-corrected chi connectivity index (χ0v) is 15.2. The van der Waals surface area contributed by atoms with Crippen molar-refractivity contribution in [3.63, 3.8) is 0 Å². The first-order chi connectivity index (χ1) is 13.0. The van der Waals surface area contributed by atoms with Crippen molar-refractivity contribution < 1.29 is 23.0 Å². The molecule has 2 aromatic carbocycles. The van der Waals surface area contributed by atoms with E-state index in [1.54, 1.807) is 24.4 Å². The second-order valence-electron chi connectivity index (χ2n) is 5.67.